The van der Waals surface area contributed by atoms with E-state index in [1.807, 2.05) is 6.07 Å². The van der Waals surface area contributed by atoms with Gasteiger partial charge >= 0.3 is 0 Å². The summed E-state index contributed by atoms with van der Waals surface area (Å²) in [5.41, 5.74) is 1.63. The van der Waals surface area contributed by atoms with Crippen LogP contribution in [0.25, 0.3) is 10.2 Å². The number of rotatable bonds is 4. The summed E-state index contributed by atoms with van der Waals surface area (Å²) in [6.07, 6.45) is 0.384. The number of benzene rings is 2. The van der Waals surface area contributed by atoms with Crippen molar-refractivity contribution < 1.29 is 14.0 Å². The van der Waals surface area contributed by atoms with Gasteiger partial charge in [-0.1, -0.05) is 18.3 Å². The number of nitrogens with zero attached hydrogens (tertiary/aromatic N) is 1. The van der Waals surface area contributed by atoms with Crippen molar-refractivity contribution in [3.05, 3.63) is 53.8 Å². The Bertz CT molecular complexity index is 906. The first kappa shape index (κ1) is 16.1. The van der Waals surface area contributed by atoms with Gasteiger partial charge in [-0.05, 0) is 42.5 Å². The second-order valence-corrected chi connectivity index (χ2v) is 6.09. The number of amides is 2. The second kappa shape index (κ2) is 6.76. The molecule has 2 aromatic carbocycles. The predicted octanol–water partition coefficient (Wildman–Crippen LogP) is 4.04. The topological polar surface area (TPSA) is 71.1 Å². The molecule has 1 aromatic heterocycles. The summed E-state index contributed by atoms with van der Waals surface area (Å²) in [6.45, 7) is 1.77. The van der Waals surface area contributed by atoms with Crippen molar-refractivity contribution in [1.29, 1.82) is 0 Å². The van der Waals surface area contributed by atoms with Gasteiger partial charge in [0.2, 0.25) is 5.91 Å². The van der Waals surface area contributed by atoms with Crippen LogP contribution in [0.5, 0.6) is 0 Å². The molecule has 0 aliphatic heterocycles. The maximum atomic E-state index is 12.9. The van der Waals surface area contributed by atoms with Crippen LogP contribution < -0.4 is 10.6 Å². The Hall–Kier alpha value is -2.80. The largest absolute Gasteiger partial charge is 0.322 e. The zero-order valence-corrected chi connectivity index (χ0v) is 13.6. The van der Waals surface area contributed by atoms with Crippen LogP contribution in [-0.4, -0.2) is 16.8 Å². The van der Waals surface area contributed by atoms with Gasteiger partial charge in [-0.25, -0.2) is 9.37 Å². The maximum absolute atomic E-state index is 12.9. The summed E-state index contributed by atoms with van der Waals surface area (Å²) >= 11 is 1.37. The van der Waals surface area contributed by atoms with E-state index in [0.29, 0.717) is 28.3 Å². The van der Waals surface area contributed by atoms with Gasteiger partial charge in [-0.3, -0.25) is 9.59 Å². The van der Waals surface area contributed by atoms with Crippen LogP contribution in [0.3, 0.4) is 0 Å². The van der Waals surface area contributed by atoms with E-state index in [1.54, 1.807) is 19.1 Å². The molecule has 122 valence electrons. The molecule has 0 unspecified atom stereocenters. The van der Waals surface area contributed by atoms with Crippen LogP contribution in [0, 0.1) is 5.82 Å². The Morgan fingerprint density at radius 3 is 2.58 bits per heavy atom. The molecule has 0 aliphatic carbocycles. The first-order valence-electron chi connectivity index (χ1n) is 7.32. The number of hydrogen-bond donors (Lipinski definition) is 2. The molecule has 3 aromatic rings. The fraction of sp³-hybridized carbons (Fsp3) is 0.118. The van der Waals surface area contributed by atoms with E-state index >= 15 is 0 Å². The molecule has 0 aliphatic rings. The van der Waals surface area contributed by atoms with Crippen LogP contribution in [0.1, 0.15) is 23.7 Å². The summed E-state index contributed by atoms with van der Waals surface area (Å²) < 4.78 is 13.8. The van der Waals surface area contributed by atoms with E-state index in [-0.39, 0.29) is 11.8 Å². The molecule has 0 saturated heterocycles. The lowest BCUT2D eigenvalue weighted by Gasteiger charge is -2.05. The monoisotopic (exact) mass is 343 g/mol. The Balaban J connectivity index is 1.78. The number of hydrogen-bond acceptors (Lipinski definition) is 4. The predicted molar refractivity (Wildman–Crippen MR) is 92.9 cm³/mol. The van der Waals surface area contributed by atoms with E-state index in [1.165, 1.54) is 35.6 Å². The minimum atomic E-state index is -0.392. The van der Waals surface area contributed by atoms with Gasteiger partial charge in [0.05, 0.1) is 10.2 Å². The lowest BCUT2D eigenvalue weighted by molar-refractivity contribution is -0.115. The molecule has 2 amide bonds. The summed E-state index contributed by atoms with van der Waals surface area (Å²) in [5, 5.41) is 5.99. The highest BCUT2D eigenvalue weighted by Crippen LogP contribution is 2.28. The van der Waals surface area contributed by atoms with Crippen LogP contribution in [0.15, 0.2) is 42.5 Å². The van der Waals surface area contributed by atoms with Crippen molar-refractivity contribution >= 4 is 44.2 Å². The standard InChI is InChI=1S/C17H14FN3O2S/c1-2-15(22)21-17-20-13-9-12(7-8-14(13)24-17)19-16(23)10-3-5-11(18)6-4-10/h3-9H,2H2,1H3,(H,19,23)(H,20,21,22). The molecule has 1 heterocycles. The molecular weight excluding hydrogens is 329 g/mol. The fourth-order valence-electron chi connectivity index (χ4n) is 2.07. The second-order valence-electron chi connectivity index (χ2n) is 5.06. The van der Waals surface area contributed by atoms with Gasteiger partial charge in [0.25, 0.3) is 5.91 Å². The lowest BCUT2D eigenvalue weighted by Crippen LogP contribution is -2.11. The summed E-state index contributed by atoms with van der Waals surface area (Å²) in [6, 6.07) is 10.6. The molecule has 0 fully saturated rings. The highest BCUT2D eigenvalue weighted by atomic mass is 32.1. The third-order valence-corrected chi connectivity index (χ3v) is 4.27. The van der Waals surface area contributed by atoms with Crippen molar-refractivity contribution in [2.24, 2.45) is 0 Å². The van der Waals surface area contributed by atoms with E-state index in [0.717, 1.165) is 4.70 Å². The first-order valence-corrected chi connectivity index (χ1v) is 8.14. The maximum Gasteiger partial charge on any atom is 0.255 e. The summed E-state index contributed by atoms with van der Waals surface area (Å²) in [5.74, 6) is -0.819. The molecule has 24 heavy (non-hydrogen) atoms. The molecule has 0 atom stereocenters. The van der Waals surface area contributed by atoms with Crippen LogP contribution in [-0.2, 0) is 4.79 Å². The third-order valence-electron chi connectivity index (χ3n) is 3.32. The summed E-state index contributed by atoms with van der Waals surface area (Å²) in [4.78, 5) is 27.9. The van der Waals surface area contributed by atoms with Crippen LogP contribution in [0.2, 0.25) is 0 Å². The van der Waals surface area contributed by atoms with Gasteiger partial charge in [0, 0.05) is 17.7 Å². The number of halogens is 1. The van der Waals surface area contributed by atoms with Crippen molar-refractivity contribution in [2.45, 2.75) is 13.3 Å². The van der Waals surface area contributed by atoms with E-state index in [4.69, 9.17) is 0 Å². The smallest absolute Gasteiger partial charge is 0.255 e. The molecule has 7 heteroatoms. The number of thiazole rings is 1. The first-order chi connectivity index (χ1) is 11.5. The highest BCUT2D eigenvalue weighted by Gasteiger charge is 2.10. The van der Waals surface area contributed by atoms with Crippen molar-refractivity contribution in [1.82, 2.24) is 4.98 Å². The average molecular weight is 343 g/mol. The highest BCUT2D eigenvalue weighted by molar-refractivity contribution is 7.22. The molecule has 3 rings (SSSR count). The van der Waals surface area contributed by atoms with Crippen molar-refractivity contribution in [3.8, 4) is 0 Å². The zero-order chi connectivity index (χ0) is 17.1. The number of anilines is 2. The SMILES string of the molecule is CCC(=O)Nc1nc2cc(NC(=O)c3ccc(F)cc3)ccc2s1. The van der Waals surface area contributed by atoms with Gasteiger partial charge < -0.3 is 10.6 Å². The normalized spacial score (nSPS) is 10.6. The van der Waals surface area contributed by atoms with Crippen LogP contribution >= 0.6 is 11.3 Å². The van der Waals surface area contributed by atoms with E-state index < -0.39 is 5.82 Å². The molecule has 0 spiro atoms. The number of nitrogens with one attached hydrogen (secondary N) is 2. The lowest BCUT2D eigenvalue weighted by atomic mass is 10.2. The van der Waals surface area contributed by atoms with Crippen molar-refractivity contribution in [3.63, 3.8) is 0 Å². The average Bonchev–Trinajstić information content (AvgIpc) is 2.96. The minimum absolute atomic E-state index is 0.0982. The molecule has 2 N–H and O–H groups in total. The number of carbonyl (C=O) groups excluding carboxylic acids is 2. The number of carbonyl (C=O) groups is 2. The molecule has 0 radical (unpaired) electrons. The third kappa shape index (κ3) is 3.57. The zero-order valence-electron chi connectivity index (χ0n) is 12.8. The Morgan fingerprint density at radius 2 is 1.88 bits per heavy atom. The van der Waals surface area contributed by atoms with Crippen LogP contribution in [0.4, 0.5) is 15.2 Å². The quantitative estimate of drug-likeness (QED) is 0.751. The number of fused-ring (bicyclic) bond motifs is 1. The Morgan fingerprint density at radius 1 is 1.12 bits per heavy atom. The molecule has 5 nitrogen and oxygen atoms in total. The number of aromatic nitrogens is 1. The fourth-order valence-corrected chi connectivity index (χ4v) is 2.93. The Labute approximate surface area is 141 Å². The molecule has 0 bridgehead atoms. The van der Waals surface area contributed by atoms with E-state index in [9.17, 15) is 14.0 Å². The van der Waals surface area contributed by atoms with Gasteiger partial charge in [0.15, 0.2) is 5.13 Å². The molecular formula is C17H14FN3O2S. The van der Waals surface area contributed by atoms with Gasteiger partial charge in [0.1, 0.15) is 5.82 Å². The minimum Gasteiger partial charge on any atom is -0.322 e. The molecule has 0 saturated carbocycles. The van der Waals surface area contributed by atoms with Crippen molar-refractivity contribution in [2.75, 3.05) is 10.6 Å². The Kier molecular flexibility index (Phi) is 4.52. The summed E-state index contributed by atoms with van der Waals surface area (Å²) in [7, 11) is 0. The van der Waals surface area contributed by atoms with E-state index in [2.05, 4.69) is 15.6 Å². The van der Waals surface area contributed by atoms with Gasteiger partial charge in [-0.15, -0.1) is 0 Å². The van der Waals surface area contributed by atoms with Gasteiger partial charge in [-0.2, -0.15) is 0 Å².